The molecule has 0 saturated heterocycles. The lowest BCUT2D eigenvalue weighted by atomic mass is 9.77. The Balaban J connectivity index is 1.83. The molecule has 24 heavy (non-hydrogen) atoms. The Bertz CT molecular complexity index is 704. The van der Waals surface area contributed by atoms with Crippen molar-refractivity contribution in [3.05, 3.63) is 59.2 Å². The highest BCUT2D eigenvalue weighted by Crippen LogP contribution is 2.35. The summed E-state index contributed by atoms with van der Waals surface area (Å²) in [7, 11) is 1.71. The first kappa shape index (κ1) is 17.3. The number of aliphatic hydroxyl groups is 1. The second kappa shape index (κ2) is 7.60. The normalized spacial score (nSPS) is 19.8. The molecule has 0 aliphatic heterocycles. The number of aryl methyl sites for hydroxylation is 1. The van der Waals surface area contributed by atoms with E-state index in [0.29, 0.717) is 6.54 Å². The van der Waals surface area contributed by atoms with Crippen LogP contribution in [0.5, 0.6) is 5.75 Å². The van der Waals surface area contributed by atoms with E-state index < -0.39 is 0 Å². The highest BCUT2D eigenvalue weighted by Gasteiger charge is 2.35. The second-order valence-corrected chi connectivity index (χ2v) is 7.14. The molecule has 1 aliphatic rings. The number of benzene rings is 2. The third kappa shape index (κ3) is 3.32. The minimum Gasteiger partial charge on any atom is -0.496 e. The van der Waals surface area contributed by atoms with Gasteiger partial charge in [-0.25, -0.2) is 0 Å². The number of hydrogen-bond donors (Lipinski definition) is 2. The monoisotopic (exact) mass is 343 g/mol. The van der Waals surface area contributed by atoms with Gasteiger partial charge in [0.1, 0.15) is 5.75 Å². The van der Waals surface area contributed by atoms with Gasteiger partial charge in [0.25, 0.3) is 0 Å². The summed E-state index contributed by atoms with van der Waals surface area (Å²) >= 11 is 1.68. The molecular formula is C20H25NO2S. The summed E-state index contributed by atoms with van der Waals surface area (Å²) < 4.78 is 5.48. The van der Waals surface area contributed by atoms with Crippen LogP contribution in [0.1, 0.15) is 29.5 Å². The summed E-state index contributed by atoms with van der Waals surface area (Å²) in [6.45, 7) is 0.823. The summed E-state index contributed by atoms with van der Waals surface area (Å²) in [5.41, 5.74) is 3.41. The Morgan fingerprint density at radius 1 is 1.25 bits per heavy atom. The molecule has 2 aromatic rings. The van der Waals surface area contributed by atoms with Gasteiger partial charge >= 0.3 is 0 Å². The third-order valence-electron chi connectivity index (χ3n) is 4.93. The van der Waals surface area contributed by atoms with E-state index in [2.05, 4.69) is 54.0 Å². The zero-order valence-electron chi connectivity index (χ0n) is 14.3. The molecule has 0 aromatic heterocycles. The third-order valence-corrected chi connectivity index (χ3v) is 5.71. The quantitative estimate of drug-likeness (QED) is 0.784. The standard InChI is InChI=1S/C20H25NO2S/c1-23-18-12-15(9-10-19(18)24-2)13-21-20(14-22)11-5-7-16-6-3-4-8-17(16)20/h3-4,6,8-10,12,21-22H,5,7,11,13-14H2,1-2H3. The van der Waals surface area contributed by atoms with E-state index in [9.17, 15) is 5.11 Å². The van der Waals surface area contributed by atoms with Gasteiger partial charge in [-0.15, -0.1) is 11.8 Å². The number of rotatable bonds is 6. The lowest BCUT2D eigenvalue weighted by molar-refractivity contribution is 0.140. The SMILES string of the molecule is COc1cc(CNC2(CO)CCCc3ccccc32)ccc1SC. The molecule has 1 atom stereocenters. The molecule has 1 aliphatic carbocycles. The molecule has 0 fully saturated rings. The molecule has 3 nitrogen and oxygen atoms in total. The Morgan fingerprint density at radius 3 is 2.83 bits per heavy atom. The van der Waals surface area contributed by atoms with Gasteiger partial charge in [0, 0.05) is 11.4 Å². The van der Waals surface area contributed by atoms with Crippen LogP contribution in [0.25, 0.3) is 0 Å². The average Bonchev–Trinajstić information content (AvgIpc) is 2.66. The van der Waals surface area contributed by atoms with Gasteiger partial charge in [-0.05, 0) is 54.3 Å². The van der Waals surface area contributed by atoms with Crippen LogP contribution < -0.4 is 10.1 Å². The number of ether oxygens (including phenoxy) is 1. The lowest BCUT2D eigenvalue weighted by Gasteiger charge is -2.39. The van der Waals surface area contributed by atoms with Crippen molar-refractivity contribution in [2.24, 2.45) is 0 Å². The van der Waals surface area contributed by atoms with Crippen molar-refractivity contribution in [1.29, 1.82) is 0 Å². The minimum atomic E-state index is -0.347. The van der Waals surface area contributed by atoms with Gasteiger partial charge < -0.3 is 15.2 Å². The molecule has 0 amide bonds. The minimum absolute atomic E-state index is 0.115. The van der Waals surface area contributed by atoms with Crippen molar-refractivity contribution >= 4 is 11.8 Å². The molecular weight excluding hydrogens is 318 g/mol. The first-order valence-corrected chi connectivity index (χ1v) is 9.60. The fourth-order valence-corrected chi connectivity index (χ4v) is 4.13. The molecule has 0 heterocycles. The molecule has 1 unspecified atom stereocenters. The van der Waals surface area contributed by atoms with E-state index in [1.807, 2.05) is 0 Å². The van der Waals surface area contributed by atoms with Gasteiger partial charge in [0.15, 0.2) is 0 Å². The van der Waals surface area contributed by atoms with Gasteiger partial charge in [-0.2, -0.15) is 0 Å². The Hall–Kier alpha value is -1.49. The summed E-state index contributed by atoms with van der Waals surface area (Å²) in [6.07, 6.45) is 5.20. The fourth-order valence-electron chi connectivity index (χ4n) is 3.59. The molecule has 4 heteroatoms. The van der Waals surface area contributed by atoms with E-state index >= 15 is 0 Å². The molecule has 128 valence electrons. The van der Waals surface area contributed by atoms with Gasteiger partial charge in [0.2, 0.25) is 0 Å². The summed E-state index contributed by atoms with van der Waals surface area (Å²) in [6, 6.07) is 14.8. The van der Waals surface area contributed by atoms with Crippen molar-refractivity contribution in [2.75, 3.05) is 20.0 Å². The van der Waals surface area contributed by atoms with Gasteiger partial charge in [-0.3, -0.25) is 0 Å². The molecule has 0 saturated carbocycles. The average molecular weight is 343 g/mol. The molecule has 3 rings (SSSR count). The highest BCUT2D eigenvalue weighted by molar-refractivity contribution is 7.98. The maximum Gasteiger partial charge on any atom is 0.132 e. The predicted molar refractivity (Wildman–Crippen MR) is 99.8 cm³/mol. The van der Waals surface area contributed by atoms with Crippen LogP contribution in [0.15, 0.2) is 47.4 Å². The van der Waals surface area contributed by atoms with Crippen LogP contribution in [0.3, 0.4) is 0 Å². The number of methoxy groups -OCH3 is 1. The van der Waals surface area contributed by atoms with Crippen molar-refractivity contribution < 1.29 is 9.84 Å². The summed E-state index contributed by atoms with van der Waals surface area (Å²) in [4.78, 5) is 1.14. The molecule has 2 aromatic carbocycles. The topological polar surface area (TPSA) is 41.5 Å². The smallest absolute Gasteiger partial charge is 0.132 e. The number of thioether (sulfide) groups is 1. The maximum atomic E-state index is 10.2. The predicted octanol–water partition coefficient (Wildman–Crippen LogP) is 3.73. The lowest BCUT2D eigenvalue weighted by Crippen LogP contribution is -2.47. The van der Waals surface area contributed by atoms with E-state index in [1.165, 1.54) is 16.7 Å². The fraction of sp³-hybridized carbons (Fsp3) is 0.400. The number of hydrogen-bond acceptors (Lipinski definition) is 4. The van der Waals surface area contributed by atoms with Gasteiger partial charge in [-0.1, -0.05) is 30.3 Å². The number of nitrogens with one attached hydrogen (secondary N) is 1. The van der Waals surface area contributed by atoms with E-state index in [4.69, 9.17) is 4.74 Å². The highest BCUT2D eigenvalue weighted by atomic mass is 32.2. The van der Waals surface area contributed by atoms with E-state index in [-0.39, 0.29) is 12.1 Å². The van der Waals surface area contributed by atoms with Crippen molar-refractivity contribution in [3.8, 4) is 5.75 Å². The van der Waals surface area contributed by atoms with Crippen LogP contribution in [-0.4, -0.2) is 25.1 Å². The van der Waals surface area contributed by atoms with Crippen LogP contribution >= 0.6 is 11.8 Å². The van der Waals surface area contributed by atoms with Crippen LogP contribution in [0.2, 0.25) is 0 Å². The zero-order chi connectivity index (χ0) is 17.0. The first-order chi connectivity index (χ1) is 11.7. The van der Waals surface area contributed by atoms with Crippen LogP contribution in [-0.2, 0) is 18.5 Å². The summed E-state index contributed by atoms with van der Waals surface area (Å²) in [5, 5.41) is 13.8. The molecule has 2 N–H and O–H groups in total. The Labute approximate surface area is 148 Å². The van der Waals surface area contributed by atoms with Crippen LogP contribution in [0, 0.1) is 0 Å². The first-order valence-electron chi connectivity index (χ1n) is 8.37. The van der Waals surface area contributed by atoms with Crippen molar-refractivity contribution in [2.45, 2.75) is 36.2 Å². The molecule has 0 bridgehead atoms. The number of aliphatic hydroxyl groups excluding tert-OH is 1. The van der Waals surface area contributed by atoms with Gasteiger partial charge in [0.05, 0.1) is 19.3 Å². The van der Waals surface area contributed by atoms with Crippen molar-refractivity contribution in [1.82, 2.24) is 5.32 Å². The van der Waals surface area contributed by atoms with Crippen molar-refractivity contribution in [3.63, 3.8) is 0 Å². The zero-order valence-corrected chi connectivity index (χ0v) is 15.2. The Kier molecular flexibility index (Phi) is 5.49. The second-order valence-electron chi connectivity index (χ2n) is 6.29. The largest absolute Gasteiger partial charge is 0.496 e. The summed E-state index contributed by atoms with van der Waals surface area (Å²) in [5.74, 6) is 0.906. The maximum absolute atomic E-state index is 10.2. The van der Waals surface area contributed by atoms with Crippen LogP contribution in [0.4, 0.5) is 0 Å². The Morgan fingerprint density at radius 2 is 2.08 bits per heavy atom. The van der Waals surface area contributed by atoms with E-state index in [1.54, 1.807) is 18.9 Å². The van der Waals surface area contributed by atoms with E-state index in [0.717, 1.165) is 29.9 Å². The molecule has 0 radical (unpaired) electrons. The number of fused-ring (bicyclic) bond motifs is 1. The molecule has 0 spiro atoms.